The first kappa shape index (κ1) is 31.0. The fraction of sp³-hybridized carbons (Fsp3) is 0.333. The molecule has 40 heavy (non-hydrogen) atoms. The van der Waals surface area contributed by atoms with Crippen LogP contribution in [-0.4, -0.2) is 57.4 Å². The molecule has 2 amide bonds. The molecular weight excluding hydrogens is 550 g/mol. The van der Waals surface area contributed by atoms with Crippen LogP contribution in [0.3, 0.4) is 0 Å². The molecule has 1 N–H and O–H groups in total. The maximum Gasteiger partial charge on any atom is 0.264 e. The summed E-state index contributed by atoms with van der Waals surface area (Å²) in [5, 5.41) is 3.25. The molecule has 3 aromatic rings. The lowest BCUT2D eigenvalue weighted by Gasteiger charge is -2.32. The standard InChI is InChI=1S/C30H36ClN3O5S/c1-5-22(2)32-30(36)23(3)33(19-18-24-10-7-6-8-11-24)29(35)21-34(26-13-9-12-25(31)20-26)40(37,38)28-16-14-27(39-4)15-17-28/h6-17,20,22-23H,5,18-19,21H2,1-4H3,(H,32,36)/t22-,23+/m1/s1. The van der Waals surface area contributed by atoms with E-state index in [0.717, 1.165) is 16.3 Å². The number of carbonyl (C=O) groups excluding carboxylic acids is 2. The van der Waals surface area contributed by atoms with E-state index in [1.54, 1.807) is 37.3 Å². The van der Waals surface area contributed by atoms with E-state index >= 15 is 0 Å². The van der Waals surface area contributed by atoms with Crippen molar-refractivity contribution in [1.82, 2.24) is 10.2 Å². The highest BCUT2D eigenvalue weighted by Crippen LogP contribution is 2.27. The van der Waals surface area contributed by atoms with Gasteiger partial charge < -0.3 is 15.0 Å². The van der Waals surface area contributed by atoms with E-state index in [2.05, 4.69) is 5.32 Å². The summed E-state index contributed by atoms with van der Waals surface area (Å²) in [7, 11) is -2.70. The van der Waals surface area contributed by atoms with Crippen molar-refractivity contribution >= 4 is 39.1 Å². The van der Waals surface area contributed by atoms with Crippen molar-refractivity contribution in [3.05, 3.63) is 89.4 Å². The van der Waals surface area contributed by atoms with Gasteiger partial charge in [0, 0.05) is 17.6 Å². The van der Waals surface area contributed by atoms with E-state index in [4.69, 9.17) is 16.3 Å². The van der Waals surface area contributed by atoms with Crippen LogP contribution in [0.25, 0.3) is 0 Å². The van der Waals surface area contributed by atoms with Crippen LogP contribution >= 0.6 is 11.6 Å². The maximum absolute atomic E-state index is 13.9. The second-order valence-corrected chi connectivity index (χ2v) is 11.8. The number of carbonyl (C=O) groups is 2. The fourth-order valence-corrected chi connectivity index (χ4v) is 5.66. The predicted octanol–water partition coefficient (Wildman–Crippen LogP) is 4.92. The molecule has 0 saturated carbocycles. The Hall–Kier alpha value is -3.56. The molecule has 0 bridgehead atoms. The number of rotatable bonds is 13. The average Bonchev–Trinajstić information content (AvgIpc) is 2.96. The van der Waals surface area contributed by atoms with Crippen molar-refractivity contribution in [1.29, 1.82) is 0 Å². The van der Waals surface area contributed by atoms with E-state index in [0.29, 0.717) is 17.2 Å². The van der Waals surface area contributed by atoms with E-state index in [9.17, 15) is 18.0 Å². The quantitative estimate of drug-likeness (QED) is 0.307. The minimum atomic E-state index is -4.19. The van der Waals surface area contributed by atoms with E-state index in [1.165, 1.54) is 30.2 Å². The van der Waals surface area contributed by atoms with Gasteiger partial charge in [0.25, 0.3) is 10.0 Å². The molecule has 0 aliphatic carbocycles. The molecule has 214 valence electrons. The zero-order valence-electron chi connectivity index (χ0n) is 23.2. The van der Waals surface area contributed by atoms with Crippen molar-refractivity contribution in [2.75, 3.05) is 24.5 Å². The summed E-state index contributed by atoms with van der Waals surface area (Å²) in [4.78, 5) is 28.4. The molecule has 0 radical (unpaired) electrons. The number of sulfonamides is 1. The van der Waals surface area contributed by atoms with Crippen LogP contribution in [0.1, 0.15) is 32.8 Å². The number of methoxy groups -OCH3 is 1. The van der Waals surface area contributed by atoms with Crippen molar-refractivity contribution in [3.63, 3.8) is 0 Å². The van der Waals surface area contributed by atoms with E-state index < -0.39 is 28.5 Å². The molecule has 0 heterocycles. The van der Waals surface area contributed by atoms with Crippen LogP contribution in [-0.2, 0) is 26.0 Å². The van der Waals surface area contributed by atoms with Crippen molar-refractivity contribution in [2.45, 2.75) is 50.6 Å². The van der Waals surface area contributed by atoms with Gasteiger partial charge in [-0.3, -0.25) is 13.9 Å². The van der Waals surface area contributed by atoms with Gasteiger partial charge in [-0.2, -0.15) is 0 Å². The Morgan fingerprint density at radius 3 is 2.25 bits per heavy atom. The minimum Gasteiger partial charge on any atom is -0.497 e. The third kappa shape index (κ3) is 7.99. The molecule has 3 aromatic carbocycles. The molecule has 0 aromatic heterocycles. The third-order valence-electron chi connectivity index (χ3n) is 6.68. The lowest BCUT2D eigenvalue weighted by atomic mass is 10.1. The zero-order chi connectivity index (χ0) is 29.3. The second kappa shape index (κ2) is 14.2. The number of nitrogens with zero attached hydrogens (tertiary/aromatic N) is 2. The summed E-state index contributed by atoms with van der Waals surface area (Å²) in [6.07, 6.45) is 1.23. The fourth-order valence-electron chi connectivity index (χ4n) is 4.07. The summed E-state index contributed by atoms with van der Waals surface area (Å²) >= 11 is 6.21. The summed E-state index contributed by atoms with van der Waals surface area (Å²) < 4.78 is 33.9. The van der Waals surface area contributed by atoms with E-state index in [1.807, 2.05) is 44.2 Å². The predicted molar refractivity (Wildman–Crippen MR) is 158 cm³/mol. The monoisotopic (exact) mass is 585 g/mol. The lowest BCUT2D eigenvalue weighted by Crippen LogP contribution is -2.53. The molecule has 0 fully saturated rings. The molecule has 0 aliphatic rings. The normalized spacial score (nSPS) is 12.7. The van der Waals surface area contributed by atoms with Crippen molar-refractivity contribution < 1.29 is 22.7 Å². The number of anilines is 1. The molecule has 3 rings (SSSR count). The number of nitrogens with one attached hydrogen (secondary N) is 1. The second-order valence-electron chi connectivity index (χ2n) is 9.48. The van der Waals surface area contributed by atoms with Crippen LogP contribution in [0.15, 0.2) is 83.8 Å². The van der Waals surface area contributed by atoms with Gasteiger partial charge in [-0.05, 0) is 74.7 Å². The summed E-state index contributed by atoms with van der Waals surface area (Å²) in [6.45, 7) is 5.21. The minimum absolute atomic E-state index is 0.0144. The Morgan fingerprint density at radius 1 is 0.975 bits per heavy atom. The van der Waals surface area contributed by atoms with Crippen LogP contribution in [0.4, 0.5) is 5.69 Å². The van der Waals surface area contributed by atoms with Crippen molar-refractivity contribution in [2.24, 2.45) is 0 Å². The van der Waals surface area contributed by atoms with Gasteiger partial charge in [-0.1, -0.05) is 54.9 Å². The summed E-state index contributed by atoms with van der Waals surface area (Å²) in [5.41, 5.74) is 1.23. The smallest absolute Gasteiger partial charge is 0.264 e. The Morgan fingerprint density at radius 2 is 1.65 bits per heavy atom. The molecule has 2 atom stereocenters. The Labute approximate surface area is 241 Å². The van der Waals surface area contributed by atoms with Crippen LogP contribution in [0.5, 0.6) is 5.75 Å². The molecule has 10 heteroatoms. The SMILES string of the molecule is CC[C@@H](C)NC(=O)[C@H](C)N(CCc1ccccc1)C(=O)CN(c1cccc(Cl)c1)S(=O)(=O)c1ccc(OC)cc1. The molecule has 0 unspecified atom stereocenters. The van der Waals surface area contributed by atoms with Crippen LogP contribution in [0.2, 0.25) is 5.02 Å². The molecule has 8 nitrogen and oxygen atoms in total. The lowest BCUT2D eigenvalue weighted by molar-refractivity contribution is -0.139. The zero-order valence-corrected chi connectivity index (χ0v) is 24.8. The molecule has 0 saturated heterocycles. The van der Waals surface area contributed by atoms with Gasteiger partial charge in [0.2, 0.25) is 11.8 Å². The number of hydrogen-bond donors (Lipinski definition) is 1. The number of ether oxygens (including phenoxy) is 1. The molecular formula is C30H36ClN3O5S. The first-order valence-corrected chi connectivity index (χ1v) is 14.9. The average molecular weight is 586 g/mol. The van der Waals surface area contributed by atoms with Crippen LogP contribution < -0.4 is 14.4 Å². The van der Waals surface area contributed by atoms with Gasteiger partial charge in [0.05, 0.1) is 17.7 Å². The highest BCUT2D eigenvalue weighted by Gasteiger charge is 2.32. The number of benzene rings is 3. The van der Waals surface area contributed by atoms with Gasteiger partial charge in [0.1, 0.15) is 18.3 Å². The summed E-state index contributed by atoms with van der Waals surface area (Å²) in [5.74, 6) is -0.319. The maximum atomic E-state index is 13.9. The van der Waals surface area contributed by atoms with Gasteiger partial charge >= 0.3 is 0 Å². The first-order chi connectivity index (χ1) is 19.1. The van der Waals surface area contributed by atoms with Crippen molar-refractivity contribution in [3.8, 4) is 5.75 Å². The van der Waals surface area contributed by atoms with Gasteiger partial charge in [-0.15, -0.1) is 0 Å². The highest BCUT2D eigenvalue weighted by atomic mass is 35.5. The Kier molecular flexibility index (Phi) is 11.0. The summed E-state index contributed by atoms with van der Waals surface area (Å²) in [6, 6.07) is 20.9. The van der Waals surface area contributed by atoms with Crippen LogP contribution in [0, 0.1) is 0 Å². The van der Waals surface area contributed by atoms with Gasteiger partial charge in [0.15, 0.2) is 0 Å². The highest BCUT2D eigenvalue weighted by molar-refractivity contribution is 7.92. The number of hydrogen-bond acceptors (Lipinski definition) is 5. The Bertz CT molecular complexity index is 1380. The first-order valence-electron chi connectivity index (χ1n) is 13.1. The van der Waals surface area contributed by atoms with Gasteiger partial charge in [-0.25, -0.2) is 8.42 Å². The largest absolute Gasteiger partial charge is 0.497 e. The topological polar surface area (TPSA) is 96.0 Å². The van der Waals surface area contributed by atoms with E-state index in [-0.39, 0.29) is 29.1 Å². The molecule has 0 aliphatic heterocycles. The number of amides is 2. The third-order valence-corrected chi connectivity index (χ3v) is 8.70. The molecule has 0 spiro atoms. The Balaban J connectivity index is 1.98. The number of halogens is 1.